The van der Waals surface area contributed by atoms with Crippen molar-refractivity contribution < 1.29 is 14.3 Å². The van der Waals surface area contributed by atoms with Crippen LogP contribution in [-0.2, 0) is 9.47 Å². The molecule has 4 atom stereocenters. The molecule has 160 valence electrons. The SMILES string of the molecule is CCO[C@@H]1[C@H](N=[N+]=[N-])[C@@H](CC)O[C@H]1n1cnc2c(NC(=O)c3ccccc3)ncnc21. The lowest BCUT2D eigenvalue weighted by atomic mass is 10.1. The lowest BCUT2D eigenvalue weighted by Crippen LogP contribution is -2.32. The molecule has 0 aliphatic carbocycles. The highest BCUT2D eigenvalue weighted by molar-refractivity contribution is 6.06. The van der Waals surface area contributed by atoms with Crippen molar-refractivity contribution in [3.05, 3.63) is 59.0 Å². The molecule has 11 nitrogen and oxygen atoms in total. The van der Waals surface area contributed by atoms with Crippen LogP contribution in [0.2, 0.25) is 0 Å². The van der Waals surface area contributed by atoms with E-state index >= 15 is 0 Å². The number of imidazole rings is 1. The first-order chi connectivity index (χ1) is 15.2. The van der Waals surface area contributed by atoms with Crippen molar-refractivity contribution in [1.29, 1.82) is 0 Å². The van der Waals surface area contributed by atoms with Crippen LogP contribution in [0.15, 0.2) is 48.1 Å². The topological polar surface area (TPSA) is 140 Å². The molecule has 1 fully saturated rings. The van der Waals surface area contributed by atoms with Crippen molar-refractivity contribution in [2.75, 3.05) is 11.9 Å². The third-order valence-corrected chi connectivity index (χ3v) is 5.16. The number of amides is 1. The molecule has 0 radical (unpaired) electrons. The Labute approximate surface area is 178 Å². The van der Waals surface area contributed by atoms with Crippen LogP contribution in [0.5, 0.6) is 0 Å². The van der Waals surface area contributed by atoms with Crippen LogP contribution in [0.1, 0.15) is 36.9 Å². The molecule has 31 heavy (non-hydrogen) atoms. The van der Waals surface area contributed by atoms with E-state index in [2.05, 4.69) is 30.3 Å². The number of azide groups is 1. The largest absolute Gasteiger partial charge is 0.373 e. The molecule has 1 aliphatic rings. The number of anilines is 1. The van der Waals surface area contributed by atoms with Crippen LogP contribution < -0.4 is 5.32 Å². The van der Waals surface area contributed by atoms with E-state index in [1.807, 2.05) is 19.9 Å². The summed E-state index contributed by atoms with van der Waals surface area (Å²) in [5.41, 5.74) is 10.4. The van der Waals surface area contributed by atoms with E-state index < -0.39 is 18.4 Å². The minimum atomic E-state index is -0.585. The number of nitrogens with zero attached hydrogens (tertiary/aromatic N) is 7. The van der Waals surface area contributed by atoms with E-state index in [9.17, 15) is 4.79 Å². The summed E-state index contributed by atoms with van der Waals surface area (Å²) < 4.78 is 13.8. The van der Waals surface area contributed by atoms with Crippen LogP contribution in [0.25, 0.3) is 21.6 Å². The maximum absolute atomic E-state index is 12.6. The molecular formula is C20H22N8O3. The van der Waals surface area contributed by atoms with Gasteiger partial charge in [0.05, 0.1) is 18.5 Å². The number of aromatic nitrogens is 4. The standard InChI is InChI=1S/C20H22N8O3/c1-3-13-14(26-27-21)16(30-4-2)20(31-13)28-11-24-15-17(22-10-23-18(15)28)25-19(29)12-8-6-5-7-9-12/h5-11,13-14,16,20H,3-4H2,1-2H3,(H,22,23,25,29)/t13-,14-,16-,20-/m1/s1. The third kappa shape index (κ3) is 3.93. The first-order valence-electron chi connectivity index (χ1n) is 10.0. The zero-order valence-electron chi connectivity index (χ0n) is 17.1. The number of rotatable bonds is 7. The highest BCUT2D eigenvalue weighted by atomic mass is 16.6. The molecular weight excluding hydrogens is 400 g/mol. The van der Waals surface area contributed by atoms with Crippen molar-refractivity contribution >= 4 is 22.9 Å². The van der Waals surface area contributed by atoms with E-state index in [0.717, 1.165) is 0 Å². The molecule has 3 aromatic rings. The minimum absolute atomic E-state index is 0.294. The molecule has 0 spiro atoms. The molecule has 0 saturated carbocycles. The molecule has 1 N–H and O–H groups in total. The average Bonchev–Trinajstić information content (AvgIpc) is 3.37. The predicted octanol–water partition coefficient (Wildman–Crippen LogP) is 3.47. The van der Waals surface area contributed by atoms with Crippen molar-refractivity contribution in [2.24, 2.45) is 5.11 Å². The van der Waals surface area contributed by atoms with Crippen molar-refractivity contribution in [3.8, 4) is 0 Å². The number of hydrogen-bond acceptors (Lipinski definition) is 7. The number of hydrogen-bond donors (Lipinski definition) is 1. The molecule has 1 amide bonds. The lowest BCUT2D eigenvalue weighted by molar-refractivity contribution is -0.0588. The van der Waals surface area contributed by atoms with Gasteiger partial charge in [-0.1, -0.05) is 30.2 Å². The van der Waals surface area contributed by atoms with Gasteiger partial charge in [-0.3, -0.25) is 9.36 Å². The summed E-state index contributed by atoms with van der Waals surface area (Å²) in [5, 5.41) is 6.70. The Morgan fingerprint density at radius 1 is 1.29 bits per heavy atom. The highest BCUT2D eigenvalue weighted by Crippen LogP contribution is 2.37. The number of carbonyl (C=O) groups excluding carboxylic acids is 1. The quantitative estimate of drug-likeness (QED) is 0.351. The Hall–Kier alpha value is -3.53. The molecule has 3 heterocycles. The normalized spacial score (nSPS) is 22.9. The smallest absolute Gasteiger partial charge is 0.256 e. The van der Waals surface area contributed by atoms with Crippen molar-refractivity contribution in [1.82, 2.24) is 19.5 Å². The Bertz CT molecular complexity index is 1110. The number of benzene rings is 1. The van der Waals surface area contributed by atoms with E-state index in [1.54, 1.807) is 35.2 Å². The number of fused-ring (bicyclic) bond motifs is 1. The second kappa shape index (κ2) is 9.09. The van der Waals surface area contributed by atoms with Crippen LogP contribution >= 0.6 is 0 Å². The predicted molar refractivity (Wildman–Crippen MR) is 112 cm³/mol. The first kappa shape index (κ1) is 20.7. The lowest BCUT2D eigenvalue weighted by Gasteiger charge is -2.21. The van der Waals surface area contributed by atoms with Gasteiger partial charge in [0.1, 0.15) is 12.4 Å². The van der Waals surface area contributed by atoms with Gasteiger partial charge in [-0.15, -0.1) is 0 Å². The van der Waals surface area contributed by atoms with Gasteiger partial charge in [0, 0.05) is 17.1 Å². The Balaban J connectivity index is 1.68. The third-order valence-electron chi connectivity index (χ3n) is 5.16. The molecule has 0 bridgehead atoms. The second-order valence-electron chi connectivity index (χ2n) is 6.96. The van der Waals surface area contributed by atoms with Gasteiger partial charge in [-0.05, 0) is 31.0 Å². The molecule has 1 aliphatic heterocycles. The molecule has 4 rings (SSSR count). The van der Waals surface area contributed by atoms with E-state index in [-0.39, 0.29) is 12.0 Å². The van der Waals surface area contributed by atoms with Crippen LogP contribution in [0.3, 0.4) is 0 Å². The van der Waals surface area contributed by atoms with Gasteiger partial charge in [-0.25, -0.2) is 15.0 Å². The summed E-state index contributed by atoms with van der Waals surface area (Å²) in [4.78, 5) is 28.5. The van der Waals surface area contributed by atoms with Gasteiger partial charge >= 0.3 is 0 Å². The Morgan fingerprint density at radius 2 is 2.10 bits per heavy atom. The fourth-order valence-corrected chi connectivity index (χ4v) is 3.75. The van der Waals surface area contributed by atoms with Crippen molar-refractivity contribution in [3.63, 3.8) is 0 Å². The molecule has 0 unspecified atom stereocenters. The monoisotopic (exact) mass is 422 g/mol. The minimum Gasteiger partial charge on any atom is -0.373 e. The summed E-state index contributed by atoms with van der Waals surface area (Å²) in [5.74, 6) is -0.00359. The molecule has 1 aromatic carbocycles. The number of nitrogens with one attached hydrogen (secondary N) is 1. The zero-order valence-corrected chi connectivity index (χ0v) is 17.1. The van der Waals surface area contributed by atoms with Crippen LogP contribution in [-0.4, -0.2) is 50.3 Å². The molecule has 11 heteroatoms. The fraction of sp³-hybridized carbons (Fsp3) is 0.400. The Morgan fingerprint density at radius 3 is 2.81 bits per heavy atom. The molecule has 2 aromatic heterocycles. The van der Waals surface area contributed by atoms with Gasteiger partial charge in [0.15, 0.2) is 23.2 Å². The summed E-state index contributed by atoms with van der Waals surface area (Å²) in [7, 11) is 0. The summed E-state index contributed by atoms with van der Waals surface area (Å²) in [6.07, 6.45) is 2.20. The van der Waals surface area contributed by atoms with Gasteiger partial charge < -0.3 is 14.8 Å². The highest BCUT2D eigenvalue weighted by Gasteiger charge is 2.45. The van der Waals surface area contributed by atoms with Crippen LogP contribution in [0, 0.1) is 0 Å². The van der Waals surface area contributed by atoms with E-state index in [0.29, 0.717) is 35.6 Å². The maximum atomic E-state index is 12.6. The fourth-order valence-electron chi connectivity index (χ4n) is 3.75. The second-order valence-corrected chi connectivity index (χ2v) is 6.96. The number of carbonyl (C=O) groups is 1. The van der Waals surface area contributed by atoms with Crippen molar-refractivity contribution in [2.45, 2.75) is 44.7 Å². The summed E-state index contributed by atoms with van der Waals surface area (Å²) >= 11 is 0. The Kier molecular flexibility index (Phi) is 6.08. The summed E-state index contributed by atoms with van der Waals surface area (Å²) in [6.45, 7) is 4.26. The van der Waals surface area contributed by atoms with Gasteiger partial charge in [0.2, 0.25) is 0 Å². The first-order valence-corrected chi connectivity index (χ1v) is 10.0. The maximum Gasteiger partial charge on any atom is 0.256 e. The van der Waals surface area contributed by atoms with Gasteiger partial charge in [0.25, 0.3) is 5.91 Å². The summed E-state index contributed by atoms with van der Waals surface area (Å²) in [6, 6.07) is 8.36. The average molecular weight is 422 g/mol. The number of ether oxygens (including phenoxy) is 2. The van der Waals surface area contributed by atoms with Gasteiger partial charge in [-0.2, -0.15) is 0 Å². The van der Waals surface area contributed by atoms with E-state index in [1.165, 1.54) is 6.33 Å². The molecule has 1 saturated heterocycles. The van der Waals surface area contributed by atoms with E-state index in [4.69, 9.17) is 15.0 Å². The van der Waals surface area contributed by atoms with Crippen LogP contribution in [0.4, 0.5) is 5.82 Å². The zero-order chi connectivity index (χ0) is 21.8.